The zero-order valence-electron chi connectivity index (χ0n) is 11.5. The van der Waals surface area contributed by atoms with Crippen molar-refractivity contribution in [1.29, 1.82) is 0 Å². The lowest BCUT2D eigenvalue weighted by atomic mass is 9.85. The molecule has 1 N–H and O–H groups in total. The van der Waals surface area contributed by atoms with Crippen molar-refractivity contribution in [3.05, 3.63) is 11.1 Å². The van der Waals surface area contributed by atoms with Crippen LogP contribution in [0.2, 0.25) is 0 Å². The quantitative estimate of drug-likeness (QED) is 0.780. The Morgan fingerprint density at radius 2 is 2.18 bits per heavy atom. The summed E-state index contributed by atoms with van der Waals surface area (Å²) < 4.78 is 0. The van der Waals surface area contributed by atoms with Crippen LogP contribution in [0, 0.1) is 5.92 Å². The van der Waals surface area contributed by atoms with Gasteiger partial charge in [0.2, 0.25) is 5.91 Å². The van der Waals surface area contributed by atoms with Gasteiger partial charge >= 0.3 is 0 Å². The third kappa shape index (κ3) is 4.74. The van der Waals surface area contributed by atoms with Crippen molar-refractivity contribution in [1.82, 2.24) is 5.32 Å². The van der Waals surface area contributed by atoms with Gasteiger partial charge in [0.25, 0.3) is 0 Å². The van der Waals surface area contributed by atoms with Crippen LogP contribution in [0.1, 0.15) is 46.5 Å². The van der Waals surface area contributed by atoms with Gasteiger partial charge in [0.1, 0.15) is 0 Å². The van der Waals surface area contributed by atoms with E-state index >= 15 is 0 Å². The van der Waals surface area contributed by atoms with Gasteiger partial charge in [0.05, 0.1) is 0 Å². The Labute approximate surface area is 110 Å². The predicted molar refractivity (Wildman–Crippen MR) is 76.3 cm³/mol. The van der Waals surface area contributed by atoms with Crippen LogP contribution < -0.4 is 5.32 Å². The molecule has 1 saturated carbocycles. The molecule has 3 heteroatoms. The molecule has 1 aliphatic rings. The van der Waals surface area contributed by atoms with Crippen LogP contribution in [0.5, 0.6) is 0 Å². The third-order valence-electron chi connectivity index (χ3n) is 3.63. The van der Waals surface area contributed by atoms with E-state index in [-0.39, 0.29) is 5.91 Å². The number of allylic oxidation sites excluding steroid dienone is 2. The molecule has 2 unspecified atom stereocenters. The highest BCUT2D eigenvalue weighted by Gasteiger charge is 2.24. The molecule has 0 saturated heterocycles. The average molecular weight is 255 g/mol. The van der Waals surface area contributed by atoms with E-state index in [0.29, 0.717) is 11.7 Å². The molecule has 1 aliphatic carbocycles. The summed E-state index contributed by atoms with van der Waals surface area (Å²) in [7, 11) is 1.71. The number of carbonyl (C=O) groups is 1. The maximum atomic E-state index is 11.2. The number of nitrogens with one attached hydrogen (secondary N) is 1. The fraction of sp³-hybridized carbons (Fsp3) is 0.786. The third-order valence-corrected chi connectivity index (χ3v) is 5.13. The van der Waals surface area contributed by atoms with Gasteiger partial charge in [-0.25, -0.2) is 0 Å². The Morgan fingerprint density at radius 1 is 1.47 bits per heavy atom. The lowest BCUT2D eigenvalue weighted by Crippen LogP contribution is -2.23. The maximum Gasteiger partial charge on any atom is 0.220 e. The molecular formula is C14H25NOS. The minimum atomic E-state index is 0.156. The molecule has 0 heterocycles. The second-order valence-electron chi connectivity index (χ2n) is 5.16. The van der Waals surface area contributed by atoms with Gasteiger partial charge < -0.3 is 5.32 Å². The molecule has 0 bridgehead atoms. The molecule has 1 fully saturated rings. The summed E-state index contributed by atoms with van der Waals surface area (Å²) in [6, 6.07) is 0. The average Bonchev–Trinajstić information content (AvgIpc) is 2.30. The zero-order chi connectivity index (χ0) is 12.8. The Kier molecular flexibility index (Phi) is 6.10. The van der Waals surface area contributed by atoms with E-state index in [9.17, 15) is 4.79 Å². The van der Waals surface area contributed by atoms with Crippen molar-refractivity contribution >= 4 is 17.7 Å². The van der Waals surface area contributed by atoms with Crippen LogP contribution in [0.4, 0.5) is 0 Å². The number of carbonyl (C=O) groups excluding carboxylic acids is 1. The summed E-state index contributed by atoms with van der Waals surface area (Å²) >= 11 is 1.98. The molecule has 17 heavy (non-hydrogen) atoms. The van der Waals surface area contributed by atoms with Gasteiger partial charge in [-0.2, -0.15) is 11.8 Å². The SMILES string of the molecule is CNC(=O)CCSC1CC(=C(C)C)CCC1C. The minimum Gasteiger partial charge on any atom is -0.359 e. The van der Waals surface area contributed by atoms with Gasteiger partial charge in [-0.3, -0.25) is 4.79 Å². The van der Waals surface area contributed by atoms with Crippen LogP contribution in [-0.4, -0.2) is 24.0 Å². The first-order valence-electron chi connectivity index (χ1n) is 6.52. The van der Waals surface area contributed by atoms with Crippen LogP contribution in [0.3, 0.4) is 0 Å². The molecular weight excluding hydrogens is 230 g/mol. The normalized spacial score (nSPS) is 24.6. The second-order valence-corrected chi connectivity index (χ2v) is 6.50. The molecule has 0 radical (unpaired) electrons. The van der Waals surface area contributed by atoms with Gasteiger partial charge in [-0.1, -0.05) is 18.1 Å². The van der Waals surface area contributed by atoms with E-state index in [1.54, 1.807) is 12.6 Å². The topological polar surface area (TPSA) is 29.1 Å². The van der Waals surface area contributed by atoms with Crippen molar-refractivity contribution in [3.63, 3.8) is 0 Å². The van der Waals surface area contributed by atoms with E-state index in [1.165, 1.54) is 24.8 Å². The number of rotatable bonds is 4. The molecule has 1 rings (SSSR count). The van der Waals surface area contributed by atoms with Crippen LogP contribution in [0.25, 0.3) is 0 Å². The molecule has 1 amide bonds. The number of hydrogen-bond acceptors (Lipinski definition) is 2. The highest BCUT2D eigenvalue weighted by Crippen LogP contribution is 2.37. The first kappa shape index (κ1) is 14.6. The summed E-state index contributed by atoms with van der Waals surface area (Å²) in [6.07, 6.45) is 4.45. The molecule has 0 aromatic carbocycles. The minimum absolute atomic E-state index is 0.156. The van der Waals surface area contributed by atoms with Gasteiger partial charge in [0.15, 0.2) is 0 Å². The lowest BCUT2D eigenvalue weighted by molar-refractivity contribution is -0.120. The van der Waals surface area contributed by atoms with Gasteiger partial charge in [-0.15, -0.1) is 0 Å². The van der Waals surface area contributed by atoms with Crippen molar-refractivity contribution in [2.24, 2.45) is 5.92 Å². The molecule has 0 spiro atoms. The summed E-state index contributed by atoms with van der Waals surface area (Å²) in [5.41, 5.74) is 3.13. The zero-order valence-corrected chi connectivity index (χ0v) is 12.3. The summed E-state index contributed by atoms with van der Waals surface area (Å²) in [6.45, 7) is 6.79. The summed E-state index contributed by atoms with van der Waals surface area (Å²) in [5, 5.41) is 3.39. The standard InChI is InChI=1S/C14H25NOS/c1-10(2)12-6-5-11(3)13(9-12)17-8-7-14(16)15-4/h11,13H,5-9H2,1-4H3,(H,15,16). The fourth-order valence-corrected chi connectivity index (χ4v) is 3.63. The lowest BCUT2D eigenvalue weighted by Gasteiger charge is -2.31. The van der Waals surface area contributed by atoms with Crippen molar-refractivity contribution in [2.75, 3.05) is 12.8 Å². The Morgan fingerprint density at radius 3 is 2.76 bits per heavy atom. The van der Waals surface area contributed by atoms with Crippen molar-refractivity contribution in [3.8, 4) is 0 Å². The predicted octanol–water partition coefficient (Wildman–Crippen LogP) is 3.38. The van der Waals surface area contributed by atoms with Gasteiger partial charge in [0, 0.05) is 24.5 Å². The summed E-state index contributed by atoms with van der Waals surface area (Å²) in [5.74, 6) is 1.89. The Bertz CT molecular complexity index is 295. The Hall–Kier alpha value is -0.440. The van der Waals surface area contributed by atoms with E-state index in [4.69, 9.17) is 0 Å². The first-order chi connectivity index (χ1) is 8.04. The number of hydrogen-bond donors (Lipinski definition) is 1. The number of thioether (sulfide) groups is 1. The fourth-order valence-electron chi connectivity index (χ4n) is 2.24. The monoisotopic (exact) mass is 255 g/mol. The Balaban J connectivity index is 2.40. The van der Waals surface area contributed by atoms with E-state index in [0.717, 1.165) is 11.7 Å². The first-order valence-corrected chi connectivity index (χ1v) is 7.57. The smallest absolute Gasteiger partial charge is 0.220 e. The maximum absolute atomic E-state index is 11.2. The van der Waals surface area contributed by atoms with Crippen molar-refractivity contribution in [2.45, 2.75) is 51.7 Å². The molecule has 98 valence electrons. The van der Waals surface area contributed by atoms with E-state index in [2.05, 4.69) is 26.1 Å². The van der Waals surface area contributed by atoms with Crippen molar-refractivity contribution < 1.29 is 4.79 Å². The van der Waals surface area contributed by atoms with Gasteiger partial charge in [-0.05, 0) is 39.0 Å². The highest BCUT2D eigenvalue weighted by molar-refractivity contribution is 7.99. The highest BCUT2D eigenvalue weighted by atomic mass is 32.2. The van der Waals surface area contributed by atoms with E-state index in [1.807, 2.05) is 11.8 Å². The molecule has 2 nitrogen and oxygen atoms in total. The van der Waals surface area contributed by atoms with Crippen LogP contribution in [-0.2, 0) is 4.79 Å². The molecule has 0 aromatic rings. The van der Waals surface area contributed by atoms with E-state index < -0.39 is 0 Å². The molecule has 2 atom stereocenters. The van der Waals surface area contributed by atoms with Crippen LogP contribution in [0.15, 0.2) is 11.1 Å². The second kappa shape index (κ2) is 7.10. The largest absolute Gasteiger partial charge is 0.359 e. The summed E-state index contributed by atoms with van der Waals surface area (Å²) in [4.78, 5) is 11.2. The molecule has 0 aromatic heterocycles. The number of amides is 1. The van der Waals surface area contributed by atoms with Crippen LogP contribution >= 0.6 is 11.8 Å². The molecule has 0 aliphatic heterocycles.